The van der Waals surface area contributed by atoms with Crippen LogP contribution in [0, 0.1) is 11.3 Å². The van der Waals surface area contributed by atoms with Gasteiger partial charge in [0, 0.05) is 12.8 Å². The SMILES string of the molecule is CC(C)(C)OC(=O)C1CC(F)(F)CC2(CC2)C1. The van der Waals surface area contributed by atoms with E-state index in [2.05, 4.69) is 0 Å². The van der Waals surface area contributed by atoms with Crippen LogP contribution in [0.25, 0.3) is 0 Å². The summed E-state index contributed by atoms with van der Waals surface area (Å²) in [6, 6.07) is 0. The van der Waals surface area contributed by atoms with Crippen LogP contribution in [0.5, 0.6) is 0 Å². The summed E-state index contributed by atoms with van der Waals surface area (Å²) in [4.78, 5) is 11.9. The van der Waals surface area contributed by atoms with E-state index in [1.807, 2.05) is 0 Å². The molecule has 0 aromatic rings. The predicted molar refractivity (Wildman–Crippen MR) is 59.8 cm³/mol. The molecule has 0 radical (unpaired) electrons. The van der Waals surface area contributed by atoms with Crippen LogP contribution < -0.4 is 0 Å². The number of ether oxygens (including phenoxy) is 1. The molecule has 2 rings (SSSR count). The van der Waals surface area contributed by atoms with E-state index in [0.717, 1.165) is 12.8 Å². The van der Waals surface area contributed by atoms with Gasteiger partial charge in [0.15, 0.2) is 0 Å². The molecule has 0 aromatic heterocycles. The van der Waals surface area contributed by atoms with Gasteiger partial charge in [-0.1, -0.05) is 0 Å². The largest absolute Gasteiger partial charge is 0.460 e. The van der Waals surface area contributed by atoms with E-state index in [9.17, 15) is 13.6 Å². The number of alkyl halides is 2. The molecular weight excluding hydrogens is 226 g/mol. The first-order valence-electron chi connectivity index (χ1n) is 6.22. The van der Waals surface area contributed by atoms with Gasteiger partial charge in [0.05, 0.1) is 5.92 Å². The van der Waals surface area contributed by atoms with Crippen LogP contribution in [0.1, 0.15) is 52.9 Å². The monoisotopic (exact) mass is 246 g/mol. The summed E-state index contributed by atoms with van der Waals surface area (Å²) in [5.41, 5.74) is -0.857. The molecule has 0 aromatic carbocycles. The Bertz CT molecular complexity index is 321. The Kier molecular flexibility index (Phi) is 2.75. The number of halogens is 2. The highest BCUT2D eigenvalue weighted by Gasteiger charge is 2.57. The molecule has 2 fully saturated rings. The molecule has 1 unspecified atom stereocenters. The molecule has 2 aliphatic carbocycles. The highest BCUT2D eigenvalue weighted by atomic mass is 19.3. The van der Waals surface area contributed by atoms with Crippen LogP contribution in [-0.4, -0.2) is 17.5 Å². The Morgan fingerprint density at radius 1 is 1.24 bits per heavy atom. The van der Waals surface area contributed by atoms with Gasteiger partial charge in [0.25, 0.3) is 0 Å². The first-order chi connectivity index (χ1) is 7.61. The van der Waals surface area contributed by atoms with Crippen molar-refractivity contribution < 1.29 is 18.3 Å². The number of carbonyl (C=O) groups excluding carboxylic acids is 1. The summed E-state index contributed by atoms with van der Waals surface area (Å²) in [5.74, 6) is -3.78. The molecule has 98 valence electrons. The van der Waals surface area contributed by atoms with E-state index >= 15 is 0 Å². The Morgan fingerprint density at radius 3 is 2.29 bits per heavy atom. The lowest BCUT2D eigenvalue weighted by Crippen LogP contribution is -2.39. The molecule has 1 atom stereocenters. The lowest BCUT2D eigenvalue weighted by molar-refractivity contribution is -0.169. The molecule has 0 aliphatic heterocycles. The summed E-state index contributed by atoms with van der Waals surface area (Å²) in [5, 5.41) is 0. The van der Waals surface area contributed by atoms with Crippen LogP contribution in [0.2, 0.25) is 0 Å². The van der Waals surface area contributed by atoms with Crippen LogP contribution in [-0.2, 0) is 9.53 Å². The fraction of sp³-hybridized carbons (Fsp3) is 0.923. The molecule has 0 heterocycles. The Hall–Kier alpha value is -0.670. The zero-order valence-corrected chi connectivity index (χ0v) is 10.7. The molecule has 2 saturated carbocycles. The topological polar surface area (TPSA) is 26.3 Å². The normalized spacial score (nSPS) is 30.1. The Labute approximate surface area is 101 Å². The van der Waals surface area contributed by atoms with Gasteiger partial charge >= 0.3 is 5.97 Å². The van der Waals surface area contributed by atoms with Gasteiger partial charge in [-0.15, -0.1) is 0 Å². The molecule has 1 spiro atoms. The van der Waals surface area contributed by atoms with Crippen LogP contribution >= 0.6 is 0 Å². The fourth-order valence-electron chi connectivity index (χ4n) is 2.76. The molecule has 2 nitrogen and oxygen atoms in total. The molecule has 4 heteroatoms. The van der Waals surface area contributed by atoms with Crippen molar-refractivity contribution in [2.24, 2.45) is 11.3 Å². The van der Waals surface area contributed by atoms with Crippen molar-refractivity contribution in [3.05, 3.63) is 0 Å². The Morgan fingerprint density at radius 2 is 1.82 bits per heavy atom. The van der Waals surface area contributed by atoms with Crippen molar-refractivity contribution in [3.8, 4) is 0 Å². The van der Waals surface area contributed by atoms with Crippen LogP contribution in [0.4, 0.5) is 8.78 Å². The number of hydrogen-bond acceptors (Lipinski definition) is 2. The minimum atomic E-state index is -2.70. The molecule has 0 saturated heterocycles. The highest BCUT2D eigenvalue weighted by molar-refractivity contribution is 5.73. The van der Waals surface area contributed by atoms with Crippen molar-refractivity contribution in [2.45, 2.75) is 64.4 Å². The third kappa shape index (κ3) is 3.17. The lowest BCUT2D eigenvalue weighted by Gasteiger charge is -2.35. The van der Waals surface area contributed by atoms with E-state index in [1.54, 1.807) is 20.8 Å². The van der Waals surface area contributed by atoms with Gasteiger partial charge in [-0.25, -0.2) is 8.78 Å². The highest BCUT2D eigenvalue weighted by Crippen LogP contribution is 2.61. The molecule has 0 amide bonds. The van der Waals surface area contributed by atoms with Crippen molar-refractivity contribution in [1.29, 1.82) is 0 Å². The summed E-state index contributed by atoms with van der Waals surface area (Å²) >= 11 is 0. The van der Waals surface area contributed by atoms with Crippen LogP contribution in [0.3, 0.4) is 0 Å². The summed E-state index contributed by atoms with van der Waals surface area (Å²) in [6.45, 7) is 5.29. The summed E-state index contributed by atoms with van der Waals surface area (Å²) < 4.78 is 32.4. The van der Waals surface area contributed by atoms with E-state index in [0.29, 0.717) is 6.42 Å². The second-order valence-corrected chi connectivity index (χ2v) is 6.67. The van der Waals surface area contributed by atoms with Crippen LogP contribution in [0.15, 0.2) is 0 Å². The average Bonchev–Trinajstić information content (AvgIpc) is 2.78. The minimum absolute atomic E-state index is 0.0424. The molecule has 0 N–H and O–H groups in total. The zero-order chi connectivity index (χ0) is 12.9. The molecule has 0 bridgehead atoms. The lowest BCUT2D eigenvalue weighted by atomic mass is 9.77. The number of carbonyl (C=O) groups is 1. The van der Waals surface area contributed by atoms with Gasteiger partial charge < -0.3 is 4.74 Å². The predicted octanol–water partition coefficient (Wildman–Crippen LogP) is 3.54. The average molecular weight is 246 g/mol. The molecule has 2 aliphatic rings. The van der Waals surface area contributed by atoms with E-state index in [4.69, 9.17) is 4.74 Å². The smallest absolute Gasteiger partial charge is 0.309 e. The second-order valence-electron chi connectivity index (χ2n) is 6.67. The maximum Gasteiger partial charge on any atom is 0.309 e. The number of rotatable bonds is 1. The Balaban J connectivity index is 2.03. The maximum atomic E-state index is 13.6. The summed E-state index contributed by atoms with van der Waals surface area (Å²) in [7, 11) is 0. The van der Waals surface area contributed by atoms with Gasteiger partial charge in [0.2, 0.25) is 5.92 Å². The number of hydrogen-bond donors (Lipinski definition) is 0. The zero-order valence-electron chi connectivity index (χ0n) is 10.7. The van der Waals surface area contributed by atoms with Gasteiger partial charge in [-0.3, -0.25) is 4.79 Å². The first-order valence-corrected chi connectivity index (χ1v) is 6.22. The minimum Gasteiger partial charge on any atom is -0.460 e. The molecule has 17 heavy (non-hydrogen) atoms. The standard InChI is InChI=1S/C13H20F2O2/c1-11(2,3)17-10(16)9-6-12(4-5-12)8-13(14,15)7-9/h9H,4-8H2,1-3H3. The van der Waals surface area contributed by atoms with Gasteiger partial charge in [-0.2, -0.15) is 0 Å². The van der Waals surface area contributed by atoms with E-state index in [-0.39, 0.29) is 18.3 Å². The van der Waals surface area contributed by atoms with Crippen molar-refractivity contribution in [3.63, 3.8) is 0 Å². The summed E-state index contributed by atoms with van der Waals surface area (Å²) in [6.07, 6.45) is 1.87. The van der Waals surface area contributed by atoms with Crippen molar-refractivity contribution in [2.75, 3.05) is 0 Å². The second kappa shape index (κ2) is 3.66. The van der Waals surface area contributed by atoms with Gasteiger partial charge in [-0.05, 0) is 45.4 Å². The van der Waals surface area contributed by atoms with E-state index < -0.39 is 23.4 Å². The first kappa shape index (κ1) is 12.8. The third-order valence-electron chi connectivity index (χ3n) is 3.56. The van der Waals surface area contributed by atoms with Crippen molar-refractivity contribution in [1.82, 2.24) is 0 Å². The third-order valence-corrected chi connectivity index (χ3v) is 3.56. The van der Waals surface area contributed by atoms with Gasteiger partial charge in [0.1, 0.15) is 5.60 Å². The van der Waals surface area contributed by atoms with Crippen molar-refractivity contribution >= 4 is 5.97 Å². The van der Waals surface area contributed by atoms with E-state index in [1.165, 1.54) is 0 Å². The molecular formula is C13H20F2O2. The maximum absolute atomic E-state index is 13.6. The fourth-order valence-corrected chi connectivity index (χ4v) is 2.76. The quantitative estimate of drug-likeness (QED) is 0.661. The number of esters is 1.